The SMILES string of the molecule is Cc1ccc2c(c1)c(CNC(=O)c1cn(CCN)nn1)nn2C. The minimum absolute atomic E-state index is 0.273. The van der Waals surface area contributed by atoms with Gasteiger partial charge in [0.15, 0.2) is 5.69 Å². The van der Waals surface area contributed by atoms with E-state index in [1.165, 1.54) is 0 Å². The molecule has 1 amide bonds. The number of carbonyl (C=O) groups is 1. The Morgan fingerprint density at radius 2 is 2.22 bits per heavy atom. The summed E-state index contributed by atoms with van der Waals surface area (Å²) in [6.07, 6.45) is 1.59. The van der Waals surface area contributed by atoms with Crippen LogP contribution in [0.1, 0.15) is 21.7 Å². The van der Waals surface area contributed by atoms with Crippen molar-refractivity contribution in [2.75, 3.05) is 6.54 Å². The van der Waals surface area contributed by atoms with Gasteiger partial charge in [-0.15, -0.1) is 5.10 Å². The Bertz CT molecular complexity index is 849. The van der Waals surface area contributed by atoms with Gasteiger partial charge >= 0.3 is 0 Å². The van der Waals surface area contributed by atoms with Gasteiger partial charge < -0.3 is 11.1 Å². The zero-order valence-electron chi connectivity index (χ0n) is 13.2. The second-order valence-electron chi connectivity index (χ2n) is 5.43. The standard InChI is InChI=1S/C15H19N7O/c1-10-3-4-14-11(7-10)12(19-21(14)2)8-17-15(23)13-9-22(6-5-16)20-18-13/h3-4,7,9H,5-6,8,16H2,1-2H3,(H,17,23). The van der Waals surface area contributed by atoms with Gasteiger partial charge in [0.2, 0.25) is 0 Å². The van der Waals surface area contributed by atoms with E-state index in [4.69, 9.17) is 5.73 Å². The van der Waals surface area contributed by atoms with Gasteiger partial charge in [0, 0.05) is 19.0 Å². The molecule has 8 heteroatoms. The molecule has 3 aromatic rings. The van der Waals surface area contributed by atoms with E-state index in [0.29, 0.717) is 19.6 Å². The summed E-state index contributed by atoms with van der Waals surface area (Å²) in [4.78, 5) is 12.2. The lowest BCUT2D eigenvalue weighted by Crippen LogP contribution is -2.23. The van der Waals surface area contributed by atoms with E-state index in [9.17, 15) is 4.79 Å². The molecule has 0 aliphatic rings. The Kier molecular flexibility index (Phi) is 4.07. The molecule has 0 spiro atoms. The molecule has 3 rings (SSSR count). The first-order chi connectivity index (χ1) is 11.1. The fourth-order valence-corrected chi connectivity index (χ4v) is 2.48. The molecule has 0 bridgehead atoms. The van der Waals surface area contributed by atoms with Crippen LogP contribution in [0.3, 0.4) is 0 Å². The third-order valence-electron chi connectivity index (χ3n) is 3.63. The highest BCUT2D eigenvalue weighted by atomic mass is 16.2. The average molecular weight is 313 g/mol. The highest BCUT2D eigenvalue weighted by molar-refractivity contribution is 5.92. The van der Waals surface area contributed by atoms with Crippen molar-refractivity contribution in [1.29, 1.82) is 0 Å². The maximum atomic E-state index is 12.2. The van der Waals surface area contributed by atoms with E-state index >= 15 is 0 Å². The van der Waals surface area contributed by atoms with Crippen molar-refractivity contribution in [3.8, 4) is 0 Å². The van der Waals surface area contributed by atoms with Gasteiger partial charge in [0.25, 0.3) is 5.91 Å². The van der Waals surface area contributed by atoms with Crippen molar-refractivity contribution in [1.82, 2.24) is 30.1 Å². The summed E-state index contributed by atoms with van der Waals surface area (Å²) in [6, 6.07) is 6.14. The van der Waals surface area contributed by atoms with Crippen LogP contribution < -0.4 is 11.1 Å². The van der Waals surface area contributed by atoms with Gasteiger partial charge in [-0.3, -0.25) is 14.2 Å². The smallest absolute Gasteiger partial charge is 0.273 e. The van der Waals surface area contributed by atoms with Gasteiger partial charge in [-0.05, 0) is 19.1 Å². The summed E-state index contributed by atoms with van der Waals surface area (Å²) < 4.78 is 3.36. The van der Waals surface area contributed by atoms with Gasteiger partial charge in [-0.2, -0.15) is 5.10 Å². The number of benzene rings is 1. The van der Waals surface area contributed by atoms with E-state index < -0.39 is 0 Å². The topological polar surface area (TPSA) is 104 Å². The quantitative estimate of drug-likeness (QED) is 0.708. The molecule has 8 nitrogen and oxygen atoms in total. The van der Waals surface area contributed by atoms with E-state index in [1.807, 2.05) is 30.8 Å². The fourth-order valence-electron chi connectivity index (χ4n) is 2.48. The summed E-state index contributed by atoms with van der Waals surface area (Å²) in [7, 11) is 1.89. The number of hydrogen-bond acceptors (Lipinski definition) is 5. The molecule has 0 fully saturated rings. The summed E-state index contributed by atoms with van der Waals surface area (Å²) in [5.74, 6) is -0.278. The molecule has 0 radical (unpaired) electrons. The number of nitrogens with two attached hydrogens (primary N) is 1. The average Bonchev–Trinajstić information content (AvgIpc) is 3.11. The molecule has 0 aliphatic carbocycles. The molecule has 2 aromatic heterocycles. The number of amides is 1. The molecule has 0 saturated heterocycles. The van der Waals surface area contributed by atoms with Crippen molar-refractivity contribution >= 4 is 16.8 Å². The van der Waals surface area contributed by atoms with Gasteiger partial charge in [0.1, 0.15) is 0 Å². The van der Waals surface area contributed by atoms with Gasteiger partial charge in [0.05, 0.1) is 30.5 Å². The number of rotatable bonds is 5. The molecular formula is C15H19N7O. The van der Waals surface area contributed by atoms with Crippen LogP contribution in [0.2, 0.25) is 0 Å². The zero-order chi connectivity index (χ0) is 16.4. The monoisotopic (exact) mass is 313 g/mol. The maximum absolute atomic E-state index is 12.2. The second kappa shape index (κ2) is 6.17. The van der Waals surface area contributed by atoms with Crippen LogP contribution in [0, 0.1) is 6.92 Å². The normalized spacial score (nSPS) is 11.1. The van der Waals surface area contributed by atoms with E-state index in [2.05, 4.69) is 26.8 Å². The highest BCUT2D eigenvalue weighted by Crippen LogP contribution is 2.19. The van der Waals surface area contributed by atoms with Crippen LogP contribution in [0.25, 0.3) is 10.9 Å². The number of nitrogens with zero attached hydrogens (tertiary/aromatic N) is 5. The Morgan fingerprint density at radius 3 is 3.00 bits per heavy atom. The fraction of sp³-hybridized carbons (Fsp3) is 0.333. The van der Waals surface area contributed by atoms with Crippen molar-refractivity contribution in [2.45, 2.75) is 20.0 Å². The molecule has 3 N–H and O–H groups in total. The summed E-state index contributed by atoms with van der Waals surface area (Å²) >= 11 is 0. The van der Waals surface area contributed by atoms with Crippen molar-refractivity contribution in [3.05, 3.63) is 41.3 Å². The van der Waals surface area contributed by atoms with Gasteiger partial charge in [-0.1, -0.05) is 16.8 Å². The number of aromatic nitrogens is 5. The lowest BCUT2D eigenvalue weighted by molar-refractivity contribution is 0.0945. The lowest BCUT2D eigenvalue weighted by Gasteiger charge is -2.01. The molecule has 0 atom stereocenters. The third kappa shape index (κ3) is 3.07. The van der Waals surface area contributed by atoms with Crippen LogP contribution in [0.5, 0.6) is 0 Å². The molecule has 0 unspecified atom stereocenters. The lowest BCUT2D eigenvalue weighted by atomic mass is 10.1. The molecule has 120 valence electrons. The number of aryl methyl sites for hydroxylation is 2. The van der Waals surface area contributed by atoms with Crippen LogP contribution in [-0.2, 0) is 20.1 Å². The number of hydrogen-bond donors (Lipinski definition) is 2. The second-order valence-corrected chi connectivity index (χ2v) is 5.43. The Morgan fingerprint density at radius 1 is 1.39 bits per heavy atom. The molecular weight excluding hydrogens is 294 g/mol. The van der Waals surface area contributed by atoms with E-state index in [0.717, 1.165) is 22.2 Å². The minimum atomic E-state index is -0.278. The minimum Gasteiger partial charge on any atom is -0.345 e. The molecule has 0 aliphatic heterocycles. The maximum Gasteiger partial charge on any atom is 0.273 e. The van der Waals surface area contributed by atoms with Crippen LogP contribution in [0.15, 0.2) is 24.4 Å². The van der Waals surface area contributed by atoms with Crippen LogP contribution >= 0.6 is 0 Å². The Hall–Kier alpha value is -2.74. The largest absolute Gasteiger partial charge is 0.345 e. The first kappa shape index (κ1) is 15.2. The van der Waals surface area contributed by atoms with E-state index in [-0.39, 0.29) is 11.6 Å². The number of nitrogens with one attached hydrogen (secondary N) is 1. The number of carbonyl (C=O) groups excluding carboxylic acids is 1. The predicted octanol–water partition coefficient (Wildman–Crippen LogP) is 0.362. The van der Waals surface area contributed by atoms with E-state index in [1.54, 1.807) is 10.9 Å². The third-order valence-corrected chi connectivity index (χ3v) is 3.63. The molecule has 1 aromatic carbocycles. The summed E-state index contributed by atoms with van der Waals surface area (Å²) in [5, 5.41) is 16.1. The predicted molar refractivity (Wildman–Crippen MR) is 85.7 cm³/mol. The summed E-state index contributed by atoms with van der Waals surface area (Å²) in [6.45, 7) is 3.35. The summed E-state index contributed by atoms with van der Waals surface area (Å²) in [5.41, 5.74) is 8.74. The van der Waals surface area contributed by atoms with Crippen molar-refractivity contribution in [3.63, 3.8) is 0 Å². The molecule has 2 heterocycles. The Labute approximate surface area is 133 Å². The Balaban J connectivity index is 1.75. The first-order valence-electron chi connectivity index (χ1n) is 7.39. The van der Waals surface area contributed by atoms with Crippen molar-refractivity contribution in [2.24, 2.45) is 12.8 Å². The highest BCUT2D eigenvalue weighted by Gasteiger charge is 2.13. The zero-order valence-corrected chi connectivity index (χ0v) is 13.2. The number of fused-ring (bicyclic) bond motifs is 1. The molecule has 23 heavy (non-hydrogen) atoms. The van der Waals surface area contributed by atoms with Crippen LogP contribution in [0.4, 0.5) is 0 Å². The van der Waals surface area contributed by atoms with Crippen molar-refractivity contribution < 1.29 is 4.79 Å². The van der Waals surface area contributed by atoms with Gasteiger partial charge in [-0.25, -0.2) is 0 Å². The van der Waals surface area contributed by atoms with Crippen LogP contribution in [-0.4, -0.2) is 37.2 Å². The first-order valence-corrected chi connectivity index (χ1v) is 7.39. The molecule has 0 saturated carbocycles.